The average Bonchev–Trinajstić information content (AvgIpc) is 3.54. The number of aromatic nitrogens is 2. The third kappa shape index (κ3) is 3.36. The monoisotopic (exact) mass is 455 g/mol. The summed E-state index contributed by atoms with van der Waals surface area (Å²) in [7, 11) is 1.41. The van der Waals surface area contributed by atoms with Crippen LogP contribution in [0, 0.1) is 6.92 Å². The number of para-hydroxylation sites is 3. The van der Waals surface area contributed by atoms with Crippen LogP contribution in [-0.4, -0.2) is 35.8 Å². The maximum atomic E-state index is 11.7. The van der Waals surface area contributed by atoms with Gasteiger partial charge in [0, 0.05) is 28.8 Å². The predicted octanol–water partition coefficient (Wildman–Crippen LogP) is 4.92. The molecular formula is C27H25N3O4. The molecule has 2 aliphatic rings. The zero-order valence-electron chi connectivity index (χ0n) is 19.1. The molecule has 0 fully saturated rings. The molecule has 0 amide bonds. The van der Waals surface area contributed by atoms with Gasteiger partial charge in [-0.2, -0.15) is 0 Å². The number of nitrogens with zero attached hydrogens (tertiary/aromatic N) is 2. The Bertz CT molecular complexity index is 1410. The number of esters is 1. The molecule has 1 N–H and O–H groups in total. The third-order valence-corrected chi connectivity index (χ3v) is 6.64. The molecule has 7 heteroatoms. The van der Waals surface area contributed by atoms with Crippen LogP contribution in [0.4, 0.5) is 5.69 Å². The normalized spacial score (nSPS) is 18.2. The second-order valence-electron chi connectivity index (χ2n) is 8.73. The Morgan fingerprint density at radius 3 is 2.85 bits per heavy atom. The van der Waals surface area contributed by atoms with E-state index in [9.17, 15) is 4.79 Å². The van der Waals surface area contributed by atoms with Crippen molar-refractivity contribution in [2.24, 2.45) is 0 Å². The Labute approximate surface area is 197 Å². The van der Waals surface area contributed by atoms with Crippen LogP contribution in [0.5, 0.6) is 11.5 Å². The van der Waals surface area contributed by atoms with Gasteiger partial charge in [0.15, 0.2) is 0 Å². The molecule has 2 unspecified atom stereocenters. The van der Waals surface area contributed by atoms with Crippen LogP contribution < -0.4 is 14.8 Å². The molecule has 172 valence electrons. The van der Waals surface area contributed by atoms with Crippen molar-refractivity contribution in [1.29, 1.82) is 0 Å². The molecule has 4 aromatic rings. The molecule has 3 aromatic carbocycles. The molecular weight excluding hydrogens is 430 g/mol. The maximum absolute atomic E-state index is 11.7. The van der Waals surface area contributed by atoms with E-state index >= 15 is 0 Å². The molecule has 0 saturated heterocycles. The number of fused-ring (bicyclic) bond motifs is 3. The first-order valence-electron chi connectivity index (χ1n) is 11.4. The fourth-order valence-electron chi connectivity index (χ4n) is 5.00. The summed E-state index contributed by atoms with van der Waals surface area (Å²) >= 11 is 0. The van der Waals surface area contributed by atoms with Crippen LogP contribution >= 0.6 is 0 Å². The van der Waals surface area contributed by atoms with Crippen molar-refractivity contribution >= 4 is 22.7 Å². The molecule has 6 rings (SSSR count). The first kappa shape index (κ1) is 20.6. The molecule has 2 atom stereocenters. The van der Waals surface area contributed by atoms with E-state index in [1.54, 1.807) is 0 Å². The number of nitrogens with one attached hydrogen (secondary N) is 1. The van der Waals surface area contributed by atoms with E-state index in [-0.39, 0.29) is 17.9 Å². The van der Waals surface area contributed by atoms with Gasteiger partial charge in [0.25, 0.3) is 0 Å². The Balaban J connectivity index is 1.28. The van der Waals surface area contributed by atoms with Gasteiger partial charge in [0.1, 0.15) is 23.9 Å². The smallest absolute Gasteiger partial charge is 0.306 e. The van der Waals surface area contributed by atoms with Crippen molar-refractivity contribution < 1.29 is 19.0 Å². The quantitative estimate of drug-likeness (QED) is 0.431. The predicted molar refractivity (Wildman–Crippen MR) is 129 cm³/mol. The fourth-order valence-corrected chi connectivity index (χ4v) is 5.00. The van der Waals surface area contributed by atoms with Gasteiger partial charge in [0.2, 0.25) is 0 Å². The van der Waals surface area contributed by atoms with Crippen LogP contribution in [0.15, 0.2) is 60.7 Å². The highest BCUT2D eigenvalue weighted by molar-refractivity contribution is 5.79. The topological polar surface area (TPSA) is 74.6 Å². The first-order valence-corrected chi connectivity index (χ1v) is 11.4. The van der Waals surface area contributed by atoms with Gasteiger partial charge in [-0.05, 0) is 31.2 Å². The highest BCUT2D eigenvalue weighted by atomic mass is 16.5. The molecule has 0 aliphatic carbocycles. The maximum Gasteiger partial charge on any atom is 0.306 e. The van der Waals surface area contributed by atoms with Crippen LogP contribution in [0.3, 0.4) is 0 Å². The second-order valence-corrected chi connectivity index (χ2v) is 8.73. The number of carbonyl (C=O) groups excluding carboxylic acids is 1. The minimum atomic E-state index is -0.222. The fraction of sp³-hybridized carbons (Fsp3) is 0.259. The lowest BCUT2D eigenvalue weighted by Crippen LogP contribution is -2.12. The van der Waals surface area contributed by atoms with Crippen LogP contribution in [0.1, 0.15) is 35.3 Å². The summed E-state index contributed by atoms with van der Waals surface area (Å²) < 4.78 is 19.0. The van der Waals surface area contributed by atoms with Crippen molar-refractivity contribution in [2.45, 2.75) is 25.3 Å². The number of carbonyl (C=O) groups is 1. The number of rotatable bonds is 5. The summed E-state index contributed by atoms with van der Waals surface area (Å²) in [6.07, 6.45) is 0.325. The lowest BCUT2D eigenvalue weighted by atomic mass is 9.97. The van der Waals surface area contributed by atoms with Crippen molar-refractivity contribution in [3.8, 4) is 17.2 Å². The van der Waals surface area contributed by atoms with Gasteiger partial charge in [-0.3, -0.25) is 9.36 Å². The highest BCUT2D eigenvalue weighted by Gasteiger charge is 2.30. The van der Waals surface area contributed by atoms with Gasteiger partial charge in [-0.1, -0.05) is 30.3 Å². The van der Waals surface area contributed by atoms with E-state index in [4.69, 9.17) is 19.2 Å². The van der Waals surface area contributed by atoms with E-state index < -0.39 is 0 Å². The van der Waals surface area contributed by atoms with E-state index in [0.29, 0.717) is 19.6 Å². The van der Waals surface area contributed by atoms with Gasteiger partial charge in [-0.25, -0.2) is 4.98 Å². The molecule has 2 aliphatic heterocycles. The molecule has 7 nitrogen and oxygen atoms in total. The van der Waals surface area contributed by atoms with Gasteiger partial charge < -0.3 is 19.5 Å². The summed E-state index contributed by atoms with van der Waals surface area (Å²) in [6.45, 7) is 3.04. The number of hydrogen-bond acceptors (Lipinski definition) is 6. The molecule has 3 heterocycles. The Morgan fingerprint density at radius 1 is 1.09 bits per heavy atom. The Morgan fingerprint density at radius 2 is 1.97 bits per heavy atom. The largest absolute Gasteiger partial charge is 0.493 e. The van der Waals surface area contributed by atoms with Gasteiger partial charge in [-0.15, -0.1) is 0 Å². The molecule has 1 aromatic heterocycles. The summed E-state index contributed by atoms with van der Waals surface area (Å²) in [6, 6.07) is 20.5. The van der Waals surface area contributed by atoms with E-state index in [1.165, 1.54) is 7.11 Å². The Hall–Kier alpha value is -4.00. The molecule has 0 saturated carbocycles. The minimum Gasteiger partial charge on any atom is -0.493 e. The number of methoxy groups -OCH3 is 1. The highest BCUT2D eigenvalue weighted by Crippen LogP contribution is 2.42. The number of anilines is 1. The van der Waals surface area contributed by atoms with E-state index in [2.05, 4.69) is 34.1 Å². The molecule has 34 heavy (non-hydrogen) atoms. The van der Waals surface area contributed by atoms with Crippen LogP contribution in [0.25, 0.3) is 16.7 Å². The summed E-state index contributed by atoms with van der Waals surface area (Å²) in [5, 5.41) is 3.60. The van der Waals surface area contributed by atoms with Gasteiger partial charge >= 0.3 is 5.97 Å². The van der Waals surface area contributed by atoms with E-state index in [1.807, 2.05) is 43.3 Å². The average molecular weight is 456 g/mol. The zero-order chi connectivity index (χ0) is 23.2. The molecule has 0 spiro atoms. The van der Waals surface area contributed by atoms with Crippen molar-refractivity contribution in [3.63, 3.8) is 0 Å². The van der Waals surface area contributed by atoms with E-state index in [0.717, 1.165) is 50.9 Å². The number of hydrogen-bond donors (Lipinski definition) is 1. The van der Waals surface area contributed by atoms with Crippen LogP contribution in [0.2, 0.25) is 0 Å². The SMILES string of the molecule is COC(=O)CC1COc2cc(NC3COc4c3cccc4-n3c(C)nc4ccccc43)ccc21. The third-order valence-electron chi connectivity index (χ3n) is 6.64. The number of imidazole rings is 1. The van der Waals surface area contributed by atoms with Crippen LogP contribution in [-0.2, 0) is 9.53 Å². The first-order chi connectivity index (χ1) is 16.6. The number of ether oxygens (including phenoxy) is 3. The van der Waals surface area contributed by atoms with Gasteiger partial charge in [0.05, 0.1) is 42.9 Å². The minimum absolute atomic E-state index is 0.00959. The standard InChI is InChI=1S/C27H25N3O4/c1-16-28-21-7-3-4-8-23(21)30(16)24-9-5-6-20-22(15-34-27(20)24)29-18-10-11-19-17(12-26(31)32-2)14-33-25(19)13-18/h3-11,13,17,22,29H,12,14-15H2,1-2H3. The Kier molecular flexibility index (Phi) is 4.90. The number of benzene rings is 3. The van der Waals surface area contributed by atoms with Crippen molar-refractivity contribution in [2.75, 3.05) is 25.6 Å². The zero-order valence-corrected chi connectivity index (χ0v) is 19.1. The number of aryl methyl sites for hydroxylation is 1. The van der Waals surface area contributed by atoms with Crippen molar-refractivity contribution in [3.05, 3.63) is 77.6 Å². The molecule has 0 radical (unpaired) electrons. The second kappa shape index (κ2) is 8.09. The molecule has 0 bridgehead atoms. The summed E-state index contributed by atoms with van der Waals surface area (Å²) in [5.41, 5.74) is 6.13. The lowest BCUT2D eigenvalue weighted by molar-refractivity contribution is -0.141. The lowest BCUT2D eigenvalue weighted by Gasteiger charge is -2.15. The summed E-state index contributed by atoms with van der Waals surface area (Å²) in [4.78, 5) is 16.4. The summed E-state index contributed by atoms with van der Waals surface area (Å²) in [5.74, 6) is 2.42. The van der Waals surface area contributed by atoms with Crippen molar-refractivity contribution in [1.82, 2.24) is 9.55 Å².